The number of fused-ring (bicyclic) bond motifs is 1. The molecular formula is C10H10ClNO2. The molecule has 4 heteroatoms. The lowest BCUT2D eigenvalue weighted by Crippen LogP contribution is -2.17. The number of amides is 1. The fourth-order valence-corrected chi connectivity index (χ4v) is 1.25. The highest BCUT2D eigenvalue weighted by Gasteiger charge is 2.04. The maximum Gasteiger partial charge on any atom is 0.251 e. The normalized spacial score (nSPS) is 9.50. The molecular weight excluding hydrogens is 202 g/mol. The quantitative estimate of drug-likeness (QED) is 0.786. The van der Waals surface area contributed by atoms with Crippen molar-refractivity contribution in [1.29, 1.82) is 0 Å². The monoisotopic (exact) mass is 211 g/mol. The van der Waals surface area contributed by atoms with Crippen LogP contribution in [-0.4, -0.2) is 13.0 Å². The molecule has 1 aromatic heterocycles. The maximum atomic E-state index is 11.2. The van der Waals surface area contributed by atoms with E-state index < -0.39 is 0 Å². The Labute approximate surface area is 87.5 Å². The van der Waals surface area contributed by atoms with Crippen molar-refractivity contribution in [2.45, 2.75) is 0 Å². The van der Waals surface area contributed by atoms with Crippen LogP contribution in [0.1, 0.15) is 10.4 Å². The lowest BCUT2D eigenvalue weighted by molar-refractivity contribution is 0.0963. The molecule has 74 valence electrons. The van der Waals surface area contributed by atoms with Crippen LogP contribution in [0.3, 0.4) is 0 Å². The van der Waals surface area contributed by atoms with E-state index >= 15 is 0 Å². The molecule has 0 aliphatic carbocycles. The molecule has 0 unspecified atom stereocenters. The van der Waals surface area contributed by atoms with Gasteiger partial charge in [-0.15, -0.1) is 12.4 Å². The van der Waals surface area contributed by atoms with Gasteiger partial charge in [0.15, 0.2) is 0 Å². The highest BCUT2D eigenvalue weighted by atomic mass is 35.5. The molecule has 0 spiro atoms. The smallest absolute Gasteiger partial charge is 0.251 e. The first-order valence-corrected chi connectivity index (χ1v) is 4.00. The molecule has 0 aliphatic rings. The molecule has 0 bridgehead atoms. The van der Waals surface area contributed by atoms with Crippen molar-refractivity contribution in [3.05, 3.63) is 36.1 Å². The molecule has 0 saturated carbocycles. The molecule has 0 saturated heterocycles. The third-order valence-corrected chi connectivity index (χ3v) is 1.94. The Hall–Kier alpha value is -1.48. The van der Waals surface area contributed by atoms with Crippen LogP contribution in [-0.2, 0) is 0 Å². The number of carbonyl (C=O) groups excluding carboxylic acids is 1. The van der Waals surface area contributed by atoms with Crippen LogP contribution in [0.4, 0.5) is 0 Å². The lowest BCUT2D eigenvalue weighted by Gasteiger charge is -1.98. The molecule has 1 amide bonds. The minimum Gasteiger partial charge on any atom is -0.464 e. The van der Waals surface area contributed by atoms with E-state index in [-0.39, 0.29) is 18.3 Å². The van der Waals surface area contributed by atoms with Gasteiger partial charge in [-0.2, -0.15) is 0 Å². The van der Waals surface area contributed by atoms with E-state index in [4.69, 9.17) is 4.42 Å². The summed E-state index contributed by atoms with van der Waals surface area (Å²) in [5.74, 6) is -0.0805. The molecule has 14 heavy (non-hydrogen) atoms. The van der Waals surface area contributed by atoms with E-state index in [0.717, 1.165) is 11.0 Å². The fraction of sp³-hybridized carbons (Fsp3) is 0.100. The zero-order valence-corrected chi connectivity index (χ0v) is 8.43. The predicted molar refractivity (Wildman–Crippen MR) is 56.9 cm³/mol. The molecule has 1 heterocycles. The Morgan fingerprint density at radius 1 is 1.36 bits per heavy atom. The second-order valence-corrected chi connectivity index (χ2v) is 2.75. The van der Waals surface area contributed by atoms with Crippen molar-refractivity contribution in [2.24, 2.45) is 0 Å². The van der Waals surface area contributed by atoms with Crippen molar-refractivity contribution in [2.75, 3.05) is 7.05 Å². The van der Waals surface area contributed by atoms with E-state index in [2.05, 4.69) is 5.32 Å². The largest absolute Gasteiger partial charge is 0.464 e. The molecule has 0 radical (unpaired) electrons. The van der Waals surface area contributed by atoms with Gasteiger partial charge < -0.3 is 9.73 Å². The summed E-state index contributed by atoms with van der Waals surface area (Å²) < 4.78 is 5.15. The Balaban J connectivity index is 0.000000980. The van der Waals surface area contributed by atoms with Gasteiger partial charge in [-0.1, -0.05) is 0 Å². The summed E-state index contributed by atoms with van der Waals surface area (Å²) in [5.41, 5.74) is 1.45. The molecule has 2 rings (SSSR count). The number of halogens is 1. The Bertz CT molecular complexity index is 450. The zero-order chi connectivity index (χ0) is 9.26. The van der Waals surface area contributed by atoms with Crippen molar-refractivity contribution >= 4 is 29.3 Å². The highest BCUT2D eigenvalue weighted by molar-refractivity contribution is 5.97. The average Bonchev–Trinajstić information content (AvgIpc) is 2.63. The number of carbonyl (C=O) groups is 1. The van der Waals surface area contributed by atoms with Gasteiger partial charge in [0, 0.05) is 18.0 Å². The number of furan rings is 1. The van der Waals surface area contributed by atoms with E-state index in [1.807, 2.05) is 6.07 Å². The van der Waals surface area contributed by atoms with E-state index in [0.29, 0.717) is 5.56 Å². The van der Waals surface area contributed by atoms with Gasteiger partial charge in [0.05, 0.1) is 6.26 Å². The van der Waals surface area contributed by atoms with Crippen LogP contribution in [0.15, 0.2) is 34.9 Å². The van der Waals surface area contributed by atoms with Crippen LogP contribution >= 0.6 is 12.4 Å². The van der Waals surface area contributed by atoms with Gasteiger partial charge in [0.1, 0.15) is 5.58 Å². The molecule has 2 aromatic rings. The molecule has 0 aliphatic heterocycles. The molecule has 1 N–H and O–H groups in total. The van der Waals surface area contributed by atoms with Crippen molar-refractivity contribution in [1.82, 2.24) is 5.32 Å². The molecule has 1 aromatic carbocycles. The molecule has 0 atom stereocenters. The van der Waals surface area contributed by atoms with Gasteiger partial charge in [0.2, 0.25) is 0 Å². The van der Waals surface area contributed by atoms with Crippen molar-refractivity contribution < 1.29 is 9.21 Å². The summed E-state index contributed by atoms with van der Waals surface area (Å²) >= 11 is 0. The first kappa shape index (κ1) is 10.6. The number of hydrogen-bond acceptors (Lipinski definition) is 2. The summed E-state index contributed by atoms with van der Waals surface area (Å²) in [6.45, 7) is 0. The van der Waals surface area contributed by atoms with E-state index in [1.165, 1.54) is 0 Å². The van der Waals surface area contributed by atoms with Crippen LogP contribution in [0, 0.1) is 0 Å². The highest BCUT2D eigenvalue weighted by Crippen LogP contribution is 2.16. The van der Waals surface area contributed by atoms with Gasteiger partial charge in [-0.3, -0.25) is 4.79 Å². The maximum absolute atomic E-state index is 11.2. The van der Waals surface area contributed by atoms with E-state index in [9.17, 15) is 4.79 Å². The second kappa shape index (κ2) is 4.15. The third-order valence-electron chi connectivity index (χ3n) is 1.94. The minimum absolute atomic E-state index is 0. The number of rotatable bonds is 1. The summed E-state index contributed by atoms with van der Waals surface area (Å²) in [4.78, 5) is 11.2. The summed E-state index contributed by atoms with van der Waals surface area (Å²) in [7, 11) is 1.61. The topological polar surface area (TPSA) is 42.2 Å². The van der Waals surface area contributed by atoms with Gasteiger partial charge in [0.25, 0.3) is 5.91 Å². The van der Waals surface area contributed by atoms with Crippen LogP contribution in [0.5, 0.6) is 0 Å². The summed E-state index contributed by atoms with van der Waals surface area (Å²) in [5, 5.41) is 3.51. The van der Waals surface area contributed by atoms with Crippen molar-refractivity contribution in [3.63, 3.8) is 0 Å². The standard InChI is InChI=1S/C10H9NO2.ClH/c1-11-10(12)8-2-3-9-7(6-8)4-5-13-9;/h2-6H,1H3,(H,11,12);1H. The van der Waals surface area contributed by atoms with Crippen LogP contribution in [0.2, 0.25) is 0 Å². The SMILES string of the molecule is CNC(=O)c1ccc2occc2c1.Cl. The Morgan fingerprint density at radius 3 is 2.86 bits per heavy atom. The Kier molecular flexibility index (Phi) is 3.14. The van der Waals surface area contributed by atoms with Gasteiger partial charge in [-0.25, -0.2) is 0 Å². The first-order chi connectivity index (χ1) is 6.31. The average molecular weight is 212 g/mol. The number of hydrogen-bond donors (Lipinski definition) is 1. The van der Waals surface area contributed by atoms with Crippen LogP contribution < -0.4 is 5.32 Å². The van der Waals surface area contributed by atoms with Crippen LogP contribution in [0.25, 0.3) is 11.0 Å². The molecule has 3 nitrogen and oxygen atoms in total. The summed E-state index contributed by atoms with van der Waals surface area (Å²) in [6, 6.07) is 7.17. The first-order valence-electron chi connectivity index (χ1n) is 4.00. The van der Waals surface area contributed by atoms with Crippen molar-refractivity contribution in [3.8, 4) is 0 Å². The fourth-order valence-electron chi connectivity index (χ4n) is 1.25. The second-order valence-electron chi connectivity index (χ2n) is 2.75. The number of nitrogens with one attached hydrogen (secondary N) is 1. The predicted octanol–water partition coefficient (Wildman–Crippen LogP) is 2.21. The zero-order valence-electron chi connectivity index (χ0n) is 7.61. The third kappa shape index (κ3) is 1.72. The lowest BCUT2D eigenvalue weighted by atomic mass is 10.1. The minimum atomic E-state index is -0.0805. The van der Waals surface area contributed by atoms with Gasteiger partial charge in [-0.05, 0) is 24.3 Å². The van der Waals surface area contributed by atoms with Gasteiger partial charge >= 0.3 is 0 Å². The van der Waals surface area contributed by atoms with E-state index in [1.54, 1.807) is 31.5 Å². The molecule has 0 fully saturated rings. The number of benzene rings is 1. The Morgan fingerprint density at radius 2 is 2.14 bits per heavy atom. The summed E-state index contributed by atoms with van der Waals surface area (Å²) in [6.07, 6.45) is 1.61.